The van der Waals surface area contributed by atoms with Gasteiger partial charge in [0.15, 0.2) is 6.10 Å². The molecule has 0 fully saturated rings. The van der Waals surface area contributed by atoms with E-state index in [0.717, 1.165) is 167 Å². The molecule has 0 aromatic rings. The Morgan fingerprint density at radius 1 is 0.260 bits per heavy atom. The van der Waals surface area contributed by atoms with Crippen LogP contribution in [0.4, 0.5) is 0 Å². The predicted octanol–water partition coefficient (Wildman–Crippen LogP) is 20.9. The lowest BCUT2D eigenvalue weighted by molar-refractivity contribution is -0.167. The molecule has 428 valence electrons. The average Bonchev–Trinajstić information content (AvgIpc) is 3.43. The normalized spacial score (nSPS) is 13.4. The van der Waals surface area contributed by atoms with Crippen LogP contribution in [0.5, 0.6) is 0 Å². The highest BCUT2D eigenvalue weighted by Crippen LogP contribution is 2.12. The summed E-state index contributed by atoms with van der Waals surface area (Å²) in [5.74, 6) is -1.02. The molecule has 1 unspecified atom stereocenters. The Morgan fingerprint density at radius 2 is 0.468 bits per heavy atom. The minimum absolute atomic E-state index is 0.123. The largest absolute Gasteiger partial charge is 0.462 e. The van der Waals surface area contributed by atoms with Gasteiger partial charge in [-0.3, -0.25) is 14.4 Å². The van der Waals surface area contributed by atoms with Gasteiger partial charge < -0.3 is 14.2 Å². The molecule has 0 aliphatic heterocycles. The van der Waals surface area contributed by atoms with Gasteiger partial charge >= 0.3 is 17.9 Å². The Kier molecular flexibility index (Phi) is 58.6. The van der Waals surface area contributed by atoms with Crippen molar-refractivity contribution in [1.29, 1.82) is 0 Å². The number of esters is 3. The van der Waals surface area contributed by atoms with Crippen LogP contribution in [0.15, 0.2) is 182 Å². The minimum Gasteiger partial charge on any atom is -0.462 e. The molecule has 0 saturated carbocycles. The van der Waals surface area contributed by atoms with Crippen molar-refractivity contribution >= 4 is 17.9 Å². The molecule has 1 atom stereocenters. The molecule has 77 heavy (non-hydrogen) atoms. The van der Waals surface area contributed by atoms with E-state index in [2.05, 4.69) is 203 Å². The molecule has 0 aromatic heterocycles. The number of allylic oxidation sites excluding steroid dienone is 30. The Hall–Kier alpha value is -5.49. The molecule has 0 aromatic carbocycles. The van der Waals surface area contributed by atoms with Crippen LogP contribution < -0.4 is 0 Å². The fourth-order valence-corrected chi connectivity index (χ4v) is 7.46. The van der Waals surface area contributed by atoms with Gasteiger partial charge in [-0.1, -0.05) is 235 Å². The lowest BCUT2D eigenvalue weighted by Gasteiger charge is -2.18. The zero-order valence-electron chi connectivity index (χ0n) is 48.9. The standard InChI is InChI=1S/C71H108O6/c1-4-7-10-13-16-19-22-25-27-29-31-33-34-35-36-38-39-41-43-46-49-52-55-58-61-64-70(73)76-67-68(66-75-69(72)63-60-57-54-51-48-45-24-21-18-15-12-9-6-3)77-71(74)65-62-59-56-53-50-47-44-42-40-37-32-30-28-26-23-20-17-14-11-8-5-2/h7-12,16-21,25-28,31-33,35-37,39,41-42,44-45,48,50,53,68H,4-6,13-15,22-24,29-30,34,38,40,43,46-47,49,51-52,54-67H2,1-3H3/b10-7-,11-8-,12-9-,19-16-,20-17-,21-18-,27-25-,28-26-,33-31-,36-35-,37-32-,41-39-,44-42-,48-45-,53-50-. The molecule has 0 saturated heterocycles. The molecular formula is C71H108O6. The van der Waals surface area contributed by atoms with Gasteiger partial charge in [0.05, 0.1) is 0 Å². The van der Waals surface area contributed by atoms with Crippen LogP contribution in [0.1, 0.15) is 226 Å². The Labute approximate surface area is 472 Å². The fourth-order valence-electron chi connectivity index (χ4n) is 7.46. The van der Waals surface area contributed by atoms with Crippen LogP contribution in [0.25, 0.3) is 0 Å². The van der Waals surface area contributed by atoms with Crippen molar-refractivity contribution in [2.75, 3.05) is 13.2 Å². The summed E-state index contributed by atoms with van der Waals surface area (Å²) in [6.45, 7) is 6.20. The van der Waals surface area contributed by atoms with E-state index in [1.165, 1.54) is 12.8 Å². The van der Waals surface area contributed by atoms with E-state index in [4.69, 9.17) is 14.2 Å². The maximum atomic E-state index is 12.9. The van der Waals surface area contributed by atoms with E-state index in [1.54, 1.807) is 0 Å². The van der Waals surface area contributed by atoms with Crippen molar-refractivity contribution in [3.63, 3.8) is 0 Å². The smallest absolute Gasteiger partial charge is 0.306 e. The monoisotopic (exact) mass is 1060 g/mol. The summed E-state index contributed by atoms with van der Waals surface area (Å²) in [4.78, 5) is 38.2. The van der Waals surface area contributed by atoms with Crippen LogP contribution in [0.3, 0.4) is 0 Å². The summed E-state index contributed by atoms with van der Waals surface area (Å²) < 4.78 is 16.8. The summed E-state index contributed by atoms with van der Waals surface area (Å²) in [6, 6.07) is 0. The third-order valence-electron chi connectivity index (χ3n) is 11.9. The topological polar surface area (TPSA) is 78.9 Å². The second-order valence-corrected chi connectivity index (χ2v) is 19.1. The quantitative estimate of drug-likeness (QED) is 0.0261. The summed E-state index contributed by atoms with van der Waals surface area (Å²) in [5.41, 5.74) is 0. The number of unbranched alkanes of at least 4 members (excludes halogenated alkanes) is 11. The van der Waals surface area contributed by atoms with Gasteiger partial charge in [-0.25, -0.2) is 0 Å². The highest BCUT2D eigenvalue weighted by Gasteiger charge is 2.19. The third kappa shape index (κ3) is 61.2. The second kappa shape index (κ2) is 63.0. The predicted molar refractivity (Wildman–Crippen MR) is 334 cm³/mol. The molecule has 6 heteroatoms. The SMILES string of the molecule is CC/C=C\C/C=C\C/C=C\C/C=C\C/C=C\C/C=C\CCCCCCCCC(=O)OCC(COC(=O)CCCCC/C=C\C/C=C\C/C=C\CC)OC(=O)CCCC/C=C\C/C=C\C/C=C\C/C=C\C/C=C\C/C=C\CC. The van der Waals surface area contributed by atoms with E-state index in [9.17, 15) is 14.4 Å². The highest BCUT2D eigenvalue weighted by molar-refractivity contribution is 5.71. The molecule has 0 heterocycles. The molecule has 0 spiro atoms. The van der Waals surface area contributed by atoms with Gasteiger partial charge in [-0.2, -0.15) is 0 Å². The fraction of sp³-hybridized carbons (Fsp3) is 0.535. The van der Waals surface area contributed by atoms with Crippen molar-refractivity contribution in [1.82, 2.24) is 0 Å². The van der Waals surface area contributed by atoms with Crippen molar-refractivity contribution < 1.29 is 28.6 Å². The maximum Gasteiger partial charge on any atom is 0.306 e. The van der Waals surface area contributed by atoms with Crippen LogP contribution in [0, 0.1) is 0 Å². The van der Waals surface area contributed by atoms with Crippen LogP contribution >= 0.6 is 0 Å². The van der Waals surface area contributed by atoms with Gasteiger partial charge in [-0.05, 0) is 154 Å². The van der Waals surface area contributed by atoms with E-state index in [-0.39, 0.29) is 37.5 Å². The zero-order valence-corrected chi connectivity index (χ0v) is 48.9. The maximum absolute atomic E-state index is 12.9. The lowest BCUT2D eigenvalue weighted by atomic mass is 10.1. The molecule has 0 bridgehead atoms. The molecule has 0 amide bonds. The van der Waals surface area contributed by atoms with Gasteiger partial charge in [0.1, 0.15) is 13.2 Å². The first-order valence-electron chi connectivity index (χ1n) is 30.3. The van der Waals surface area contributed by atoms with Crippen LogP contribution in [0.2, 0.25) is 0 Å². The summed E-state index contributed by atoms with van der Waals surface area (Å²) in [5, 5.41) is 0. The van der Waals surface area contributed by atoms with Crippen LogP contribution in [-0.4, -0.2) is 37.2 Å². The van der Waals surface area contributed by atoms with Crippen LogP contribution in [-0.2, 0) is 28.6 Å². The molecule has 0 aliphatic rings. The molecule has 0 aliphatic carbocycles. The van der Waals surface area contributed by atoms with Crippen molar-refractivity contribution in [2.45, 2.75) is 232 Å². The van der Waals surface area contributed by atoms with Gasteiger partial charge in [0, 0.05) is 19.3 Å². The van der Waals surface area contributed by atoms with E-state index in [0.29, 0.717) is 19.3 Å². The molecule has 6 nitrogen and oxygen atoms in total. The van der Waals surface area contributed by atoms with E-state index >= 15 is 0 Å². The molecule has 0 radical (unpaired) electrons. The van der Waals surface area contributed by atoms with Gasteiger partial charge in [-0.15, -0.1) is 0 Å². The Bertz CT molecular complexity index is 1840. The van der Waals surface area contributed by atoms with Crippen molar-refractivity contribution in [3.8, 4) is 0 Å². The Balaban J connectivity index is 4.52. The first kappa shape index (κ1) is 71.5. The van der Waals surface area contributed by atoms with Gasteiger partial charge in [0.25, 0.3) is 0 Å². The summed E-state index contributed by atoms with van der Waals surface area (Å²) in [6.07, 6.45) is 94.6. The first-order chi connectivity index (χ1) is 38.0. The third-order valence-corrected chi connectivity index (χ3v) is 11.9. The number of carbonyl (C=O) groups excluding carboxylic acids is 3. The average molecular weight is 1060 g/mol. The summed E-state index contributed by atoms with van der Waals surface area (Å²) >= 11 is 0. The molecular weight excluding hydrogens is 949 g/mol. The molecule has 0 rings (SSSR count). The number of hydrogen-bond donors (Lipinski definition) is 0. The Morgan fingerprint density at radius 3 is 0.766 bits per heavy atom. The second-order valence-electron chi connectivity index (χ2n) is 19.1. The summed E-state index contributed by atoms with van der Waals surface area (Å²) in [7, 11) is 0. The van der Waals surface area contributed by atoms with E-state index < -0.39 is 6.10 Å². The number of carbonyl (C=O) groups is 3. The highest BCUT2D eigenvalue weighted by atomic mass is 16.6. The van der Waals surface area contributed by atoms with Crippen molar-refractivity contribution in [2.24, 2.45) is 0 Å². The first-order valence-corrected chi connectivity index (χ1v) is 30.3. The minimum atomic E-state index is -0.832. The van der Waals surface area contributed by atoms with E-state index in [1.807, 2.05) is 0 Å². The zero-order chi connectivity index (χ0) is 55.7. The molecule has 0 N–H and O–H groups in total. The number of hydrogen-bond acceptors (Lipinski definition) is 6. The number of ether oxygens (including phenoxy) is 3. The van der Waals surface area contributed by atoms with Gasteiger partial charge in [0.2, 0.25) is 0 Å². The van der Waals surface area contributed by atoms with Crippen molar-refractivity contribution in [3.05, 3.63) is 182 Å². The number of rotatable bonds is 52. The lowest BCUT2D eigenvalue weighted by Crippen LogP contribution is -2.30.